The van der Waals surface area contributed by atoms with Crippen LogP contribution >= 0.6 is 0 Å². The Hall–Kier alpha value is -1.63. The zero-order valence-electron chi connectivity index (χ0n) is 18.0. The Morgan fingerprint density at radius 2 is 1.07 bits per heavy atom. The maximum Gasteiger partial charge on any atom is 0.306 e. The average Bonchev–Trinajstić information content (AvgIpc) is 2.69. The van der Waals surface area contributed by atoms with Gasteiger partial charge in [-0.15, -0.1) is 0 Å². The summed E-state index contributed by atoms with van der Waals surface area (Å²) in [4.78, 5) is 33.2. The number of unbranched alkanes of at least 4 members (excludes halogenated alkanes) is 11. The van der Waals surface area contributed by atoms with Gasteiger partial charge < -0.3 is 19.7 Å². The van der Waals surface area contributed by atoms with Crippen LogP contribution in [0, 0.1) is 0 Å². The second-order valence-corrected chi connectivity index (χ2v) is 7.55. The molecule has 29 heavy (non-hydrogen) atoms. The molecule has 0 saturated heterocycles. The van der Waals surface area contributed by atoms with Crippen LogP contribution in [-0.4, -0.2) is 47.4 Å². The van der Waals surface area contributed by atoms with Gasteiger partial charge in [0.15, 0.2) is 0 Å². The van der Waals surface area contributed by atoms with Crippen molar-refractivity contribution in [1.82, 2.24) is 0 Å². The minimum absolute atomic E-state index is 0.233. The first-order valence-electron chi connectivity index (χ1n) is 11.2. The van der Waals surface area contributed by atoms with Crippen LogP contribution in [0.2, 0.25) is 0 Å². The van der Waals surface area contributed by atoms with Gasteiger partial charge in [0, 0.05) is 6.42 Å². The van der Waals surface area contributed by atoms with E-state index in [0.717, 1.165) is 19.3 Å². The first-order chi connectivity index (χ1) is 14.0. The summed E-state index contributed by atoms with van der Waals surface area (Å²) in [7, 11) is 0. The number of aliphatic carboxylic acids is 1. The molecule has 170 valence electrons. The molecule has 0 aliphatic heterocycles. The van der Waals surface area contributed by atoms with E-state index in [1.165, 1.54) is 57.8 Å². The van der Waals surface area contributed by atoms with Gasteiger partial charge in [0.25, 0.3) is 0 Å². The number of carbonyl (C=O) groups excluding carboxylic acids is 2. The molecule has 0 aromatic rings. The molecule has 1 atom stereocenters. The highest BCUT2D eigenvalue weighted by Crippen LogP contribution is 2.12. The molecule has 0 aliphatic rings. The Kier molecular flexibility index (Phi) is 18.6. The summed E-state index contributed by atoms with van der Waals surface area (Å²) in [5.41, 5.74) is 0. The van der Waals surface area contributed by atoms with Crippen molar-refractivity contribution < 1.29 is 34.1 Å². The van der Waals surface area contributed by atoms with E-state index in [-0.39, 0.29) is 32.0 Å². The lowest BCUT2D eigenvalue weighted by Gasteiger charge is -2.11. The molecule has 1 unspecified atom stereocenters. The smallest absolute Gasteiger partial charge is 0.306 e. The predicted octanol–water partition coefficient (Wildman–Crippen LogP) is 4.39. The summed E-state index contributed by atoms with van der Waals surface area (Å²) in [6.07, 6.45) is 13.3. The van der Waals surface area contributed by atoms with Crippen LogP contribution < -0.4 is 0 Å². The normalized spacial score (nSPS) is 11.8. The third-order valence-electron chi connectivity index (χ3n) is 4.65. The molecule has 0 spiro atoms. The lowest BCUT2D eigenvalue weighted by molar-refractivity contribution is -0.154. The molecule has 7 nitrogen and oxygen atoms in total. The molecule has 7 heteroatoms. The summed E-state index contributed by atoms with van der Waals surface area (Å²) in [5, 5.41) is 18.1. The van der Waals surface area contributed by atoms with Crippen molar-refractivity contribution in [2.75, 3.05) is 13.2 Å². The molecule has 0 aromatic heterocycles. The Morgan fingerprint density at radius 3 is 1.52 bits per heavy atom. The summed E-state index contributed by atoms with van der Waals surface area (Å²) in [5.74, 6) is -2.16. The number of aliphatic hydroxyl groups is 1. The van der Waals surface area contributed by atoms with Gasteiger partial charge in [-0.05, 0) is 6.42 Å². The lowest BCUT2D eigenvalue weighted by Crippen LogP contribution is -2.25. The largest absolute Gasteiger partial charge is 0.481 e. The minimum atomic E-state index is -1.10. The quantitative estimate of drug-likeness (QED) is 0.224. The molecule has 0 bridgehead atoms. The van der Waals surface area contributed by atoms with Gasteiger partial charge >= 0.3 is 17.9 Å². The number of esters is 2. The van der Waals surface area contributed by atoms with Crippen LogP contribution in [-0.2, 0) is 23.9 Å². The standard InChI is InChI=1S/C22H40O7/c1-2-3-4-5-6-7-8-9-10-11-12-13-14-21(26)28-17-19(23)18-29-22(27)16-15-20(24)25/h19,23H,2-18H2,1H3,(H,24,25). The Morgan fingerprint density at radius 1 is 0.655 bits per heavy atom. The van der Waals surface area contributed by atoms with Crippen molar-refractivity contribution in [3.05, 3.63) is 0 Å². The maximum absolute atomic E-state index is 11.6. The Labute approximate surface area is 175 Å². The van der Waals surface area contributed by atoms with Crippen molar-refractivity contribution >= 4 is 17.9 Å². The highest BCUT2D eigenvalue weighted by Gasteiger charge is 2.12. The van der Waals surface area contributed by atoms with Gasteiger partial charge in [-0.25, -0.2) is 0 Å². The van der Waals surface area contributed by atoms with Gasteiger partial charge in [0.05, 0.1) is 12.8 Å². The van der Waals surface area contributed by atoms with Crippen molar-refractivity contribution in [2.24, 2.45) is 0 Å². The highest BCUT2D eigenvalue weighted by molar-refractivity contribution is 5.76. The number of hydrogen-bond acceptors (Lipinski definition) is 6. The minimum Gasteiger partial charge on any atom is -0.481 e. The van der Waals surface area contributed by atoms with Crippen LogP contribution in [0.4, 0.5) is 0 Å². The van der Waals surface area contributed by atoms with Crippen molar-refractivity contribution in [3.8, 4) is 0 Å². The van der Waals surface area contributed by atoms with E-state index in [9.17, 15) is 19.5 Å². The first-order valence-corrected chi connectivity index (χ1v) is 11.2. The van der Waals surface area contributed by atoms with Crippen molar-refractivity contribution in [3.63, 3.8) is 0 Å². The SMILES string of the molecule is CCCCCCCCCCCCCCC(=O)OCC(O)COC(=O)CCC(=O)O. The fourth-order valence-corrected chi connectivity index (χ4v) is 2.89. The monoisotopic (exact) mass is 416 g/mol. The van der Waals surface area contributed by atoms with Crippen LogP contribution in [0.1, 0.15) is 103 Å². The van der Waals surface area contributed by atoms with Crippen molar-refractivity contribution in [2.45, 2.75) is 109 Å². The first kappa shape index (κ1) is 27.4. The van der Waals surface area contributed by atoms with Gasteiger partial charge in [0.2, 0.25) is 0 Å². The molecular weight excluding hydrogens is 376 g/mol. The number of ether oxygens (including phenoxy) is 2. The molecule has 0 saturated carbocycles. The summed E-state index contributed by atoms with van der Waals surface area (Å²) < 4.78 is 9.68. The van der Waals surface area contributed by atoms with E-state index >= 15 is 0 Å². The molecule has 2 N–H and O–H groups in total. The fourth-order valence-electron chi connectivity index (χ4n) is 2.89. The molecular formula is C22H40O7. The topological polar surface area (TPSA) is 110 Å². The zero-order chi connectivity index (χ0) is 21.7. The maximum atomic E-state index is 11.6. The van der Waals surface area contributed by atoms with E-state index in [1.54, 1.807) is 0 Å². The number of carboxylic acid groups (broad SMARTS) is 1. The summed E-state index contributed by atoms with van der Waals surface area (Å²) in [6.45, 7) is 1.69. The molecule has 0 amide bonds. The number of hydrogen-bond donors (Lipinski definition) is 2. The number of carboxylic acids is 1. The summed E-state index contributed by atoms with van der Waals surface area (Å²) >= 11 is 0. The second-order valence-electron chi connectivity index (χ2n) is 7.55. The molecule has 0 rings (SSSR count). The number of carbonyl (C=O) groups is 3. The molecule has 0 radical (unpaired) electrons. The van der Waals surface area contributed by atoms with E-state index in [0.29, 0.717) is 6.42 Å². The third-order valence-corrected chi connectivity index (χ3v) is 4.65. The van der Waals surface area contributed by atoms with Gasteiger partial charge in [-0.3, -0.25) is 14.4 Å². The number of rotatable bonds is 20. The Balaban J connectivity index is 3.42. The second kappa shape index (κ2) is 19.7. The molecule has 0 aliphatic carbocycles. The third kappa shape index (κ3) is 20.9. The van der Waals surface area contributed by atoms with Crippen molar-refractivity contribution in [1.29, 1.82) is 0 Å². The zero-order valence-corrected chi connectivity index (χ0v) is 18.0. The van der Waals surface area contributed by atoms with Gasteiger partial charge in [-0.2, -0.15) is 0 Å². The molecule has 0 aromatic carbocycles. The predicted molar refractivity (Wildman–Crippen MR) is 110 cm³/mol. The van der Waals surface area contributed by atoms with E-state index in [2.05, 4.69) is 6.92 Å². The van der Waals surface area contributed by atoms with Crippen LogP contribution in [0.25, 0.3) is 0 Å². The summed E-state index contributed by atoms with van der Waals surface area (Å²) in [6, 6.07) is 0. The average molecular weight is 417 g/mol. The molecule has 0 fully saturated rings. The van der Waals surface area contributed by atoms with Gasteiger partial charge in [-0.1, -0.05) is 77.6 Å². The highest BCUT2D eigenvalue weighted by atomic mass is 16.6. The van der Waals surface area contributed by atoms with E-state index < -0.39 is 18.0 Å². The van der Waals surface area contributed by atoms with Crippen LogP contribution in [0.5, 0.6) is 0 Å². The van der Waals surface area contributed by atoms with E-state index in [1.807, 2.05) is 0 Å². The Bertz CT molecular complexity index is 437. The number of aliphatic hydroxyl groups excluding tert-OH is 1. The fraction of sp³-hybridized carbons (Fsp3) is 0.864. The van der Waals surface area contributed by atoms with Crippen LogP contribution in [0.15, 0.2) is 0 Å². The van der Waals surface area contributed by atoms with E-state index in [4.69, 9.17) is 14.6 Å². The van der Waals surface area contributed by atoms with Gasteiger partial charge in [0.1, 0.15) is 19.3 Å². The lowest BCUT2D eigenvalue weighted by atomic mass is 10.0. The van der Waals surface area contributed by atoms with Crippen LogP contribution in [0.3, 0.4) is 0 Å². The molecule has 0 heterocycles.